The largest absolute Gasteiger partial charge is 0.749 e. The fourth-order valence-corrected chi connectivity index (χ4v) is 6.15. The molecular formula is C28H25Cl2F4N4O15S4-. The van der Waals surface area contributed by atoms with Crippen molar-refractivity contribution in [2.24, 2.45) is 0 Å². The maximum Gasteiger partial charge on any atom is 0.270 e. The second-order valence-electron chi connectivity index (χ2n) is 9.68. The summed E-state index contributed by atoms with van der Waals surface area (Å²) in [6.07, 6.45) is 0. The van der Waals surface area contributed by atoms with Gasteiger partial charge in [-0.3, -0.25) is 30.3 Å². The summed E-state index contributed by atoms with van der Waals surface area (Å²) >= 11 is 1.67. The van der Waals surface area contributed by atoms with Gasteiger partial charge in [0.2, 0.25) is 0 Å². The Morgan fingerprint density at radius 2 is 0.947 bits per heavy atom. The van der Waals surface area contributed by atoms with Gasteiger partial charge in [0.15, 0.2) is 19.7 Å². The van der Waals surface area contributed by atoms with Crippen molar-refractivity contribution in [1.82, 2.24) is 0 Å². The van der Waals surface area contributed by atoms with E-state index in [2.05, 4.69) is 15.6 Å². The lowest BCUT2D eigenvalue weighted by Crippen LogP contribution is -2.06. The average molecular weight is 933 g/mol. The molecule has 314 valence electrons. The maximum atomic E-state index is 13.1. The van der Waals surface area contributed by atoms with Gasteiger partial charge in [0.05, 0.1) is 38.1 Å². The standard InChI is InChI=1S/C8H8FNO4S.C8H10FNO2S.C6H3ClFNO4S.C6H4FNO2.ClHO3S/c1-2-15(13,14)8-5-6(10(11)12)3-4-7(8)9;1-2-13(11,12)8-5-6(10)3-4-7(8)9;7-14(12,13)6-3-4(9(10)11)1-2-5(6)8;7-5-1-3-6(4-2-5)8(9)10;1-4-5(2)3/h3-5H,2H2,1H3;3-5H,2,10H2,1H3;1-3H;1-4H;(H,2,3)/p-1. The summed E-state index contributed by atoms with van der Waals surface area (Å²) in [5.74, 6) is -3.74. The number of hydrogen-bond donors (Lipinski definition) is 1. The lowest BCUT2D eigenvalue weighted by atomic mass is 10.3. The molecule has 4 aromatic carbocycles. The third-order valence-electron chi connectivity index (χ3n) is 5.99. The van der Waals surface area contributed by atoms with Crippen molar-refractivity contribution in [2.75, 3.05) is 17.2 Å². The highest BCUT2D eigenvalue weighted by molar-refractivity contribution is 8.13. The molecule has 0 aliphatic heterocycles. The summed E-state index contributed by atoms with van der Waals surface area (Å²) in [6, 6.07) is 12.4. The molecule has 0 aliphatic rings. The Hall–Kier alpha value is -4.90. The van der Waals surface area contributed by atoms with Crippen molar-refractivity contribution in [1.29, 1.82) is 0 Å². The Morgan fingerprint density at radius 1 is 0.632 bits per heavy atom. The van der Waals surface area contributed by atoms with E-state index < -0.39 is 99.3 Å². The molecule has 1 atom stereocenters. The highest BCUT2D eigenvalue weighted by Crippen LogP contribution is 2.24. The minimum absolute atomic E-state index is 0.0959. The number of anilines is 1. The first-order valence-corrected chi connectivity index (χ1v) is 21.2. The third-order valence-corrected chi connectivity index (χ3v) is 11.2. The van der Waals surface area contributed by atoms with E-state index in [0.29, 0.717) is 12.1 Å². The molecule has 1 unspecified atom stereocenters. The number of nitro groups is 3. The number of nitrogens with zero attached hydrogens (tertiary/aromatic N) is 3. The topological polar surface area (TPSA) is 307 Å². The molecule has 0 amide bonds. The van der Waals surface area contributed by atoms with Gasteiger partial charge < -0.3 is 10.3 Å². The minimum atomic E-state index is -4.30. The molecule has 4 rings (SSSR count). The highest BCUT2D eigenvalue weighted by Gasteiger charge is 2.22. The molecule has 0 bridgehead atoms. The van der Waals surface area contributed by atoms with E-state index in [1.807, 2.05) is 0 Å². The van der Waals surface area contributed by atoms with Gasteiger partial charge >= 0.3 is 0 Å². The molecule has 0 saturated carbocycles. The van der Waals surface area contributed by atoms with Crippen molar-refractivity contribution in [3.8, 4) is 0 Å². The zero-order chi connectivity index (χ0) is 44.5. The summed E-state index contributed by atoms with van der Waals surface area (Å²) in [7, 11) is -6.72. The van der Waals surface area contributed by atoms with Crippen LogP contribution in [0.4, 0.5) is 40.3 Å². The first-order chi connectivity index (χ1) is 26.1. The molecule has 0 saturated heterocycles. The minimum Gasteiger partial charge on any atom is -0.749 e. The van der Waals surface area contributed by atoms with Gasteiger partial charge in [-0.05, 0) is 42.5 Å². The van der Waals surface area contributed by atoms with Crippen LogP contribution in [0.5, 0.6) is 0 Å². The number of non-ortho nitro benzene ring substituents is 3. The quantitative estimate of drug-likeness (QED) is 0.0497. The Kier molecular flexibility index (Phi) is 21.4. The summed E-state index contributed by atoms with van der Waals surface area (Å²) in [5, 5.41) is 30.6. The second kappa shape index (κ2) is 23.4. The Labute approximate surface area is 332 Å². The van der Waals surface area contributed by atoms with Gasteiger partial charge in [0, 0.05) is 52.8 Å². The van der Waals surface area contributed by atoms with E-state index >= 15 is 0 Å². The predicted octanol–water partition coefficient (Wildman–Crippen LogP) is 6.08. The molecule has 29 heteroatoms. The van der Waals surface area contributed by atoms with Gasteiger partial charge in [0.25, 0.3) is 26.1 Å². The smallest absolute Gasteiger partial charge is 0.270 e. The Bertz CT molecular complexity index is 2420. The fourth-order valence-electron chi connectivity index (χ4n) is 3.27. The molecule has 0 radical (unpaired) electrons. The van der Waals surface area contributed by atoms with Gasteiger partial charge in [-0.25, -0.2) is 47.0 Å². The summed E-state index contributed by atoms with van der Waals surface area (Å²) < 4.78 is 139. The Morgan fingerprint density at radius 3 is 1.28 bits per heavy atom. The lowest BCUT2D eigenvalue weighted by Gasteiger charge is -2.03. The van der Waals surface area contributed by atoms with Crippen molar-refractivity contribution in [3.05, 3.63) is 132 Å². The van der Waals surface area contributed by atoms with Crippen LogP contribution < -0.4 is 5.73 Å². The average Bonchev–Trinajstić information content (AvgIpc) is 3.13. The zero-order valence-corrected chi connectivity index (χ0v) is 33.1. The van der Waals surface area contributed by atoms with E-state index in [-0.39, 0.29) is 27.8 Å². The van der Waals surface area contributed by atoms with E-state index in [4.69, 9.17) is 25.2 Å². The number of nitrogens with two attached hydrogens (primary N) is 1. The van der Waals surface area contributed by atoms with Crippen molar-refractivity contribution < 1.29 is 70.1 Å². The van der Waals surface area contributed by atoms with Crippen molar-refractivity contribution >= 4 is 85.4 Å². The van der Waals surface area contributed by atoms with Crippen LogP contribution in [0.3, 0.4) is 0 Å². The SMILES string of the molecule is CCS(=O)(=O)c1cc(N)ccc1F.CCS(=O)(=O)c1cc([N+](=O)[O-])ccc1F.O=S([O-])OCl.O=[N+]([O-])c1ccc(F)c(S(=O)(=O)Cl)c1.O=[N+]([O-])c1ccc(F)cc1. The number of nitrogen functional groups attached to an aromatic ring is 1. The zero-order valence-electron chi connectivity index (χ0n) is 28.4. The second-order valence-corrected chi connectivity index (χ2v) is 17.6. The first-order valence-electron chi connectivity index (χ1n) is 14.3. The van der Waals surface area contributed by atoms with Crippen molar-refractivity contribution in [3.63, 3.8) is 0 Å². The summed E-state index contributed by atoms with van der Waals surface area (Å²) in [5.41, 5.74) is 4.52. The van der Waals surface area contributed by atoms with Crippen LogP contribution in [-0.4, -0.2) is 60.3 Å². The number of hydrogen-bond acceptors (Lipinski definition) is 16. The van der Waals surface area contributed by atoms with Gasteiger partial charge in [-0.2, -0.15) is 3.74 Å². The van der Waals surface area contributed by atoms with E-state index in [1.54, 1.807) is 0 Å². The van der Waals surface area contributed by atoms with E-state index in [1.165, 1.54) is 19.9 Å². The molecule has 0 spiro atoms. The van der Waals surface area contributed by atoms with E-state index in [0.717, 1.165) is 60.7 Å². The molecule has 0 aliphatic carbocycles. The van der Waals surface area contributed by atoms with Gasteiger partial charge in [-0.15, -0.1) is 0 Å². The molecule has 2 N–H and O–H groups in total. The number of halogens is 6. The molecule has 57 heavy (non-hydrogen) atoms. The van der Waals surface area contributed by atoms with Crippen LogP contribution in [0.15, 0.2) is 93.5 Å². The number of nitro benzene ring substituents is 3. The lowest BCUT2D eigenvalue weighted by molar-refractivity contribution is -0.385. The first kappa shape index (κ1) is 52.1. The molecule has 19 nitrogen and oxygen atoms in total. The number of benzene rings is 4. The molecule has 0 aromatic heterocycles. The van der Waals surface area contributed by atoms with Crippen LogP contribution in [0.2, 0.25) is 0 Å². The monoisotopic (exact) mass is 931 g/mol. The van der Waals surface area contributed by atoms with Gasteiger partial charge in [-0.1, -0.05) is 13.8 Å². The fraction of sp³-hybridized carbons (Fsp3) is 0.143. The van der Waals surface area contributed by atoms with Crippen LogP contribution >= 0.6 is 22.5 Å². The third kappa shape index (κ3) is 18.3. The van der Waals surface area contributed by atoms with Crippen LogP contribution in [0, 0.1) is 53.6 Å². The van der Waals surface area contributed by atoms with Crippen molar-refractivity contribution in [2.45, 2.75) is 28.5 Å². The maximum absolute atomic E-state index is 13.1. The normalized spacial score (nSPS) is 11.3. The molecule has 0 heterocycles. The van der Waals surface area contributed by atoms with Crippen LogP contribution in [-0.2, 0) is 43.8 Å². The molecule has 0 fully saturated rings. The van der Waals surface area contributed by atoms with Gasteiger partial charge in [0.1, 0.15) is 49.3 Å². The predicted molar refractivity (Wildman–Crippen MR) is 194 cm³/mol. The highest BCUT2D eigenvalue weighted by atomic mass is 35.7. The summed E-state index contributed by atoms with van der Waals surface area (Å²) in [4.78, 5) is 26.6. The van der Waals surface area contributed by atoms with E-state index in [9.17, 15) is 73.2 Å². The van der Waals surface area contributed by atoms with Crippen LogP contribution in [0.25, 0.3) is 0 Å². The number of rotatable bonds is 9. The summed E-state index contributed by atoms with van der Waals surface area (Å²) in [6.45, 7) is 2.80. The number of sulfone groups is 2. The molecule has 4 aromatic rings. The van der Waals surface area contributed by atoms with Crippen LogP contribution in [0.1, 0.15) is 13.8 Å². The molecular weight excluding hydrogens is 907 g/mol. The Balaban J connectivity index is 0.000000710.